The second-order valence-corrected chi connectivity index (χ2v) is 23.7. The molecule has 0 spiro atoms. The lowest BCUT2D eigenvalue weighted by Gasteiger charge is -2.34. The van der Waals surface area contributed by atoms with Crippen LogP contribution in [0.1, 0.15) is 72.6 Å². The standard InChI is InChI=1S/C42H50O5Si2/c1-48(2,27-15-13-25-41(43)45-29-39-35-21-9-5-17-31(35)32-18-6-10-22-36(32)39)47-49(3,4)28-16-14-26-42(44)46-30-40-37-23-11-7-19-33(37)34-20-8-12-24-38(34)40/h5-12,17-24,39-40H,13-16,25-30H2,1-4H3. The molecule has 0 radical (unpaired) electrons. The van der Waals surface area contributed by atoms with Crippen molar-refractivity contribution < 1.29 is 23.2 Å². The number of carbonyl (C=O) groups is 2. The zero-order chi connectivity index (χ0) is 34.4. The van der Waals surface area contributed by atoms with Crippen molar-refractivity contribution in [2.24, 2.45) is 0 Å². The molecule has 0 aliphatic heterocycles. The number of rotatable bonds is 16. The summed E-state index contributed by atoms with van der Waals surface area (Å²) in [5.74, 6) is -0.0360. The van der Waals surface area contributed by atoms with E-state index < -0.39 is 16.6 Å². The zero-order valence-electron chi connectivity index (χ0n) is 29.5. The van der Waals surface area contributed by atoms with Crippen LogP contribution < -0.4 is 0 Å². The van der Waals surface area contributed by atoms with Gasteiger partial charge >= 0.3 is 11.9 Å². The monoisotopic (exact) mass is 690 g/mol. The van der Waals surface area contributed by atoms with Crippen molar-refractivity contribution >= 4 is 28.6 Å². The van der Waals surface area contributed by atoms with Crippen LogP contribution in [0.15, 0.2) is 97.1 Å². The Balaban J connectivity index is 0.863. The number of hydrogen-bond donors (Lipinski definition) is 0. The molecular formula is C42H50O5Si2. The van der Waals surface area contributed by atoms with Gasteiger partial charge in [0.2, 0.25) is 0 Å². The average molecular weight is 691 g/mol. The van der Waals surface area contributed by atoms with Crippen LogP contribution in [0.4, 0.5) is 0 Å². The Hall–Kier alpha value is -3.79. The SMILES string of the molecule is C[Si](C)(CCCCC(=O)OCC1c2ccccc2-c2ccccc21)O[Si](C)(C)CCCCC(=O)OCC1c2ccccc2-c2ccccc21. The summed E-state index contributed by atoms with van der Waals surface area (Å²) in [5, 5.41) is 0. The lowest BCUT2D eigenvalue weighted by atomic mass is 9.98. The largest absolute Gasteiger partial charge is 0.465 e. The molecule has 0 aromatic heterocycles. The lowest BCUT2D eigenvalue weighted by Crippen LogP contribution is -2.44. The minimum atomic E-state index is -1.88. The molecule has 0 heterocycles. The lowest BCUT2D eigenvalue weighted by molar-refractivity contribution is -0.145. The summed E-state index contributed by atoms with van der Waals surface area (Å²) in [6.45, 7) is 9.96. The number of unbranched alkanes of at least 4 members (excludes halogenated alkanes) is 2. The molecule has 0 fully saturated rings. The number of carbonyl (C=O) groups excluding carboxylic acids is 2. The van der Waals surface area contributed by atoms with Gasteiger partial charge < -0.3 is 13.6 Å². The highest BCUT2D eigenvalue weighted by atomic mass is 28.4. The molecule has 0 amide bonds. The summed E-state index contributed by atoms with van der Waals surface area (Å²) in [6.07, 6.45) is 4.46. The van der Waals surface area contributed by atoms with E-state index in [1.165, 1.54) is 44.5 Å². The van der Waals surface area contributed by atoms with E-state index in [1.807, 2.05) is 0 Å². The second-order valence-electron chi connectivity index (χ2n) is 14.9. The van der Waals surface area contributed by atoms with Gasteiger partial charge in [-0.05, 0) is 95.6 Å². The average Bonchev–Trinajstić information content (AvgIpc) is 3.59. The maximum absolute atomic E-state index is 12.7. The predicted molar refractivity (Wildman–Crippen MR) is 203 cm³/mol. The van der Waals surface area contributed by atoms with E-state index in [0.717, 1.165) is 37.8 Å². The summed E-state index contributed by atoms with van der Waals surface area (Å²) < 4.78 is 18.5. The molecule has 0 saturated heterocycles. The van der Waals surface area contributed by atoms with Crippen LogP contribution in [-0.4, -0.2) is 41.8 Å². The van der Waals surface area contributed by atoms with E-state index >= 15 is 0 Å². The van der Waals surface area contributed by atoms with Gasteiger partial charge in [-0.3, -0.25) is 9.59 Å². The number of benzene rings is 4. The van der Waals surface area contributed by atoms with Crippen LogP contribution in [0.5, 0.6) is 0 Å². The quantitative estimate of drug-likeness (QED) is 0.0665. The molecule has 0 bridgehead atoms. The van der Waals surface area contributed by atoms with E-state index in [-0.39, 0.29) is 23.8 Å². The van der Waals surface area contributed by atoms with Crippen molar-refractivity contribution in [1.29, 1.82) is 0 Å². The fourth-order valence-corrected chi connectivity index (χ4v) is 16.9. The van der Waals surface area contributed by atoms with Crippen molar-refractivity contribution in [2.45, 2.75) is 88.6 Å². The van der Waals surface area contributed by atoms with Crippen LogP contribution in [0.3, 0.4) is 0 Å². The van der Waals surface area contributed by atoms with Gasteiger partial charge in [-0.15, -0.1) is 0 Å². The summed E-state index contributed by atoms with van der Waals surface area (Å²) in [5.41, 5.74) is 9.94. The summed E-state index contributed by atoms with van der Waals surface area (Å²) in [6, 6.07) is 35.8. The topological polar surface area (TPSA) is 61.8 Å². The Labute approximate surface area is 294 Å². The minimum Gasteiger partial charge on any atom is -0.465 e. The number of hydrogen-bond acceptors (Lipinski definition) is 5. The zero-order valence-corrected chi connectivity index (χ0v) is 31.5. The fraction of sp³-hybridized carbons (Fsp3) is 0.381. The van der Waals surface area contributed by atoms with Gasteiger partial charge in [-0.25, -0.2) is 0 Å². The van der Waals surface area contributed by atoms with E-state index in [4.69, 9.17) is 13.6 Å². The highest BCUT2D eigenvalue weighted by Gasteiger charge is 2.33. The fourth-order valence-electron chi connectivity index (χ4n) is 7.87. The number of esters is 2. The Bertz CT molecular complexity index is 1560. The molecule has 7 heteroatoms. The van der Waals surface area contributed by atoms with Crippen LogP contribution in [0, 0.1) is 0 Å². The summed E-state index contributed by atoms with van der Waals surface area (Å²) >= 11 is 0. The van der Waals surface area contributed by atoms with Crippen LogP contribution >= 0.6 is 0 Å². The molecule has 49 heavy (non-hydrogen) atoms. The maximum Gasteiger partial charge on any atom is 0.305 e. The van der Waals surface area contributed by atoms with Gasteiger partial charge in [0.05, 0.1) is 0 Å². The summed E-state index contributed by atoms with van der Waals surface area (Å²) in [4.78, 5) is 25.4. The second kappa shape index (κ2) is 15.4. The van der Waals surface area contributed by atoms with Crippen molar-refractivity contribution in [2.75, 3.05) is 13.2 Å². The van der Waals surface area contributed by atoms with Crippen LogP contribution in [-0.2, 0) is 23.2 Å². The molecule has 256 valence electrons. The highest BCUT2D eigenvalue weighted by Crippen LogP contribution is 2.45. The third-order valence-electron chi connectivity index (χ3n) is 10.1. The molecule has 5 nitrogen and oxygen atoms in total. The van der Waals surface area contributed by atoms with E-state index in [9.17, 15) is 9.59 Å². The van der Waals surface area contributed by atoms with E-state index in [2.05, 4.69) is 123 Å². The van der Waals surface area contributed by atoms with Gasteiger partial charge in [0, 0.05) is 24.7 Å². The molecule has 0 N–H and O–H groups in total. The Morgan fingerprint density at radius 3 is 1.12 bits per heavy atom. The third-order valence-corrected chi connectivity index (χ3v) is 17.7. The van der Waals surface area contributed by atoms with E-state index in [0.29, 0.717) is 26.1 Å². The number of ether oxygens (including phenoxy) is 2. The molecule has 6 rings (SSSR count). The molecule has 0 atom stereocenters. The van der Waals surface area contributed by atoms with Crippen molar-refractivity contribution in [3.8, 4) is 22.3 Å². The Morgan fingerprint density at radius 1 is 0.490 bits per heavy atom. The Kier molecular flexibility index (Phi) is 11.0. The first kappa shape index (κ1) is 35.1. The van der Waals surface area contributed by atoms with Crippen LogP contribution in [0.25, 0.3) is 22.3 Å². The molecule has 2 aliphatic carbocycles. The first-order chi connectivity index (χ1) is 23.6. The minimum absolute atomic E-state index is 0.0993. The number of fused-ring (bicyclic) bond motifs is 6. The van der Waals surface area contributed by atoms with Gasteiger partial charge in [0.1, 0.15) is 13.2 Å². The molecule has 4 aromatic rings. The van der Waals surface area contributed by atoms with Gasteiger partial charge in [-0.2, -0.15) is 0 Å². The van der Waals surface area contributed by atoms with Crippen molar-refractivity contribution in [3.63, 3.8) is 0 Å². The van der Waals surface area contributed by atoms with E-state index in [1.54, 1.807) is 0 Å². The maximum atomic E-state index is 12.7. The van der Waals surface area contributed by atoms with Gasteiger partial charge in [0.15, 0.2) is 16.6 Å². The Morgan fingerprint density at radius 2 is 0.796 bits per heavy atom. The first-order valence-electron chi connectivity index (χ1n) is 18.0. The molecule has 0 saturated carbocycles. The summed E-state index contributed by atoms with van der Waals surface area (Å²) in [7, 11) is -3.76. The molecule has 2 aliphatic rings. The normalized spacial score (nSPS) is 13.8. The highest BCUT2D eigenvalue weighted by molar-refractivity contribution is 6.84. The third kappa shape index (κ3) is 8.51. The molecule has 0 unspecified atom stereocenters. The predicted octanol–water partition coefficient (Wildman–Crippen LogP) is 10.5. The van der Waals surface area contributed by atoms with Gasteiger partial charge in [0.25, 0.3) is 0 Å². The van der Waals surface area contributed by atoms with Crippen molar-refractivity contribution in [1.82, 2.24) is 0 Å². The first-order valence-corrected chi connectivity index (χ1v) is 24.2. The van der Waals surface area contributed by atoms with Crippen LogP contribution in [0.2, 0.25) is 38.3 Å². The van der Waals surface area contributed by atoms with Crippen molar-refractivity contribution in [3.05, 3.63) is 119 Å². The molecule has 4 aromatic carbocycles. The molecular weight excluding hydrogens is 641 g/mol. The smallest absolute Gasteiger partial charge is 0.305 e. The van der Waals surface area contributed by atoms with Gasteiger partial charge in [-0.1, -0.05) is 110 Å².